The molecule has 1 aliphatic heterocycles. The summed E-state index contributed by atoms with van der Waals surface area (Å²) < 4.78 is 8.34. The van der Waals surface area contributed by atoms with Crippen LogP contribution in [0.2, 0.25) is 0 Å². The zero-order chi connectivity index (χ0) is 14.9. The molecule has 2 heterocycles. The molecular formula is C17H29N3O. The minimum absolute atomic E-state index is 0.260. The van der Waals surface area contributed by atoms with Gasteiger partial charge in [-0.25, -0.2) is 0 Å². The molecule has 0 bridgehead atoms. The van der Waals surface area contributed by atoms with Crippen LogP contribution in [0.3, 0.4) is 0 Å². The Kier molecular flexibility index (Phi) is 4.36. The number of nitrogens with one attached hydrogen (secondary N) is 1. The van der Waals surface area contributed by atoms with Crippen molar-refractivity contribution in [3.63, 3.8) is 0 Å². The summed E-state index contributed by atoms with van der Waals surface area (Å²) in [6.45, 7) is 10.4. The van der Waals surface area contributed by atoms with E-state index in [1.807, 2.05) is 0 Å². The van der Waals surface area contributed by atoms with Gasteiger partial charge in [0.25, 0.3) is 0 Å². The van der Waals surface area contributed by atoms with Crippen LogP contribution in [0, 0.1) is 18.3 Å². The van der Waals surface area contributed by atoms with Crippen LogP contribution in [0.5, 0.6) is 0 Å². The van der Waals surface area contributed by atoms with Crippen molar-refractivity contribution in [1.82, 2.24) is 15.1 Å². The van der Waals surface area contributed by atoms with Crippen LogP contribution in [0.4, 0.5) is 0 Å². The second-order valence-corrected chi connectivity index (χ2v) is 6.79. The van der Waals surface area contributed by atoms with Gasteiger partial charge in [-0.05, 0) is 58.1 Å². The number of aryl methyl sites for hydroxylation is 2. The van der Waals surface area contributed by atoms with Gasteiger partial charge in [0.15, 0.2) is 0 Å². The second-order valence-electron chi connectivity index (χ2n) is 6.79. The van der Waals surface area contributed by atoms with Gasteiger partial charge in [-0.3, -0.25) is 4.68 Å². The molecule has 2 unspecified atom stereocenters. The molecule has 0 aromatic carbocycles. The maximum atomic E-state index is 6.17. The summed E-state index contributed by atoms with van der Waals surface area (Å²) in [4.78, 5) is 0. The van der Waals surface area contributed by atoms with E-state index in [2.05, 4.69) is 41.9 Å². The Bertz CT molecular complexity index is 480. The van der Waals surface area contributed by atoms with E-state index in [-0.39, 0.29) is 5.41 Å². The topological polar surface area (TPSA) is 39.1 Å². The Morgan fingerprint density at radius 1 is 1.43 bits per heavy atom. The lowest BCUT2D eigenvalue weighted by atomic mass is 9.75. The predicted octanol–water partition coefficient (Wildman–Crippen LogP) is 2.55. The third-order valence-electron chi connectivity index (χ3n) is 5.10. The summed E-state index contributed by atoms with van der Waals surface area (Å²) in [6.07, 6.45) is 5.41. The second kappa shape index (κ2) is 6.09. The van der Waals surface area contributed by atoms with Gasteiger partial charge < -0.3 is 10.1 Å². The van der Waals surface area contributed by atoms with Gasteiger partial charge >= 0.3 is 0 Å². The zero-order valence-electron chi connectivity index (χ0n) is 13.7. The first-order valence-corrected chi connectivity index (χ1v) is 8.54. The first kappa shape index (κ1) is 15.0. The van der Waals surface area contributed by atoms with Crippen molar-refractivity contribution in [1.29, 1.82) is 0 Å². The summed E-state index contributed by atoms with van der Waals surface area (Å²) in [7, 11) is 0. The molecular weight excluding hydrogens is 262 g/mol. The molecule has 2 fully saturated rings. The lowest BCUT2D eigenvalue weighted by molar-refractivity contribution is 0.0300. The SMILES string of the molecule is CCNCC1(Cc2cc(C)nn2CC)CCOC1C1CC1. The average molecular weight is 291 g/mol. The molecule has 1 saturated heterocycles. The quantitative estimate of drug-likeness (QED) is 0.839. The smallest absolute Gasteiger partial charge is 0.0676 e. The lowest BCUT2D eigenvalue weighted by Gasteiger charge is -2.35. The molecule has 3 rings (SSSR count). The molecule has 118 valence electrons. The number of aromatic nitrogens is 2. The normalized spacial score (nSPS) is 29.2. The largest absolute Gasteiger partial charge is 0.377 e. The number of rotatable bonds is 7. The third-order valence-corrected chi connectivity index (χ3v) is 5.10. The van der Waals surface area contributed by atoms with Crippen molar-refractivity contribution in [2.24, 2.45) is 11.3 Å². The molecule has 0 radical (unpaired) electrons. The van der Waals surface area contributed by atoms with Crippen molar-refractivity contribution in [2.75, 3.05) is 19.7 Å². The van der Waals surface area contributed by atoms with Gasteiger partial charge in [-0.1, -0.05) is 6.92 Å². The number of ether oxygens (including phenoxy) is 1. The van der Waals surface area contributed by atoms with Crippen molar-refractivity contribution >= 4 is 0 Å². The zero-order valence-corrected chi connectivity index (χ0v) is 13.7. The Hall–Kier alpha value is -0.870. The van der Waals surface area contributed by atoms with E-state index >= 15 is 0 Å². The van der Waals surface area contributed by atoms with E-state index in [1.54, 1.807) is 0 Å². The molecule has 2 atom stereocenters. The summed E-state index contributed by atoms with van der Waals surface area (Å²) in [5.74, 6) is 0.797. The standard InChI is InChI=1S/C17H29N3O/c1-4-18-12-17(8-9-21-16(17)14-6-7-14)11-15-10-13(3)19-20(15)5-2/h10,14,16,18H,4-9,11-12H2,1-3H3. The van der Waals surface area contributed by atoms with Crippen LogP contribution < -0.4 is 5.32 Å². The molecule has 1 aromatic rings. The summed E-state index contributed by atoms with van der Waals surface area (Å²) in [5.41, 5.74) is 2.77. The van der Waals surface area contributed by atoms with Crippen molar-refractivity contribution < 1.29 is 4.74 Å². The Labute approximate surface area is 128 Å². The molecule has 1 saturated carbocycles. The Morgan fingerprint density at radius 2 is 2.24 bits per heavy atom. The molecule has 1 aromatic heterocycles. The van der Waals surface area contributed by atoms with E-state index in [0.29, 0.717) is 6.10 Å². The molecule has 0 spiro atoms. The fraction of sp³-hybridized carbons (Fsp3) is 0.824. The van der Waals surface area contributed by atoms with Gasteiger partial charge in [0.1, 0.15) is 0 Å². The Morgan fingerprint density at radius 3 is 2.90 bits per heavy atom. The third kappa shape index (κ3) is 3.02. The Balaban J connectivity index is 1.84. The first-order valence-electron chi connectivity index (χ1n) is 8.54. The van der Waals surface area contributed by atoms with Crippen molar-refractivity contribution in [2.45, 2.75) is 59.1 Å². The monoisotopic (exact) mass is 291 g/mol. The van der Waals surface area contributed by atoms with E-state index in [4.69, 9.17) is 4.74 Å². The van der Waals surface area contributed by atoms with Crippen LogP contribution in [-0.4, -0.2) is 35.6 Å². The fourth-order valence-electron chi connectivity index (χ4n) is 3.93. The van der Waals surface area contributed by atoms with E-state index in [9.17, 15) is 0 Å². The molecule has 2 aliphatic rings. The minimum Gasteiger partial charge on any atom is -0.377 e. The highest BCUT2D eigenvalue weighted by Gasteiger charge is 2.50. The molecule has 0 amide bonds. The molecule has 4 heteroatoms. The highest BCUT2D eigenvalue weighted by atomic mass is 16.5. The minimum atomic E-state index is 0.260. The molecule has 1 N–H and O–H groups in total. The van der Waals surface area contributed by atoms with Crippen LogP contribution >= 0.6 is 0 Å². The number of nitrogens with zero attached hydrogens (tertiary/aromatic N) is 2. The van der Waals surface area contributed by atoms with Gasteiger partial charge in [-0.15, -0.1) is 0 Å². The molecule has 21 heavy (non-hydrogen) atoms. The predicted molar refractivity (Wildman–Crippen MR) is 84.4 cm³/mol. The van der Waals surface area contributed by atoms with Gasteiger partial charge in [0.2, 0.25) is 0 Å². The summed E-state index contributed by atoms with van der Waals surface area (Å²) >= 11 is 0. The average Bonchev–Trinajstić information content (AvgIpc) is 3.14. The molecule has 4 nitrogen and oxygen atoms in total. The highest BCUT2D eigenvalue weighted by Crippen LogP contribution is 2.49. The van der Waals surface area contributed by atoms with Gasteiger partial charge in [-0.2, -0.15) is 5.10 Å². The van der Waals surface area contributed by atoms with Crippen LogP contribution in [0.15, 0.2) is 6.07 Å². The van der Waals surface area contributed by atoms with Crippen LogP contribution in [0.25, 0.3) is 0 Å². The van der Waals surface area contributed by atoms with E-state index < -0.39 is 0 Å². The van der Waals surface area contributed by atoms with Gasteiger partial charge in [0.05, 0.1) is 11.8 Å². The van der Waals surface area contributed by atoms with Crippen molar-refractivity contribution in [3.8, 4) is 0 Å². The molecule has 1 aliphatic carbocycles. The number of hydrogen-bond acceptors (Lipinski definition) is 3. The number of hydrogen-bond donors (Lipinski definition) is 1. The summed E-state index contributed by atoms with van der Waals surface area (Å²) in [6, 6.07) is 2.26. The highest BCUT2D eigenvalue weighted by molar-refractivity contribution is 5.14. The van der Waals surface area contributed by atoms with E-state index in [1.165, 1.54) is 25.0 Å². The first-order chi connectivity index (χ1) is 10.2. The fourth-order valence-corrected chi connectivity index (χ4v) is 3.93. The van der Waals surface area contributed by atoms with Crippen LogP contribution in [0.1, 0.15) is 44.5 Å². The maximum absolute atomic E-state index is 6.17. The lowest BCUT2D eigenvalue weighted by Crippen LogP contribution is -2.44. The van der Waals surface area contributed by atoms with Crippen LogP contribution in [-0.2, 0) is 17.7 Å². The maximum Gasteiger partial charge on any atom is 0.0676 e. The van der Waals surface area contributed by atoms with Gasteiger partial charge in [0, 0.05) is 30.8 Å². The summed E-state index contributed by atoms with van der Waals surface area (Å²) in [5, 5.41) is 8.22. The van der Waals surface area contributed by atoms with E-state index in [0.717, 1.165) is 44.3 Å². The van der Waals surface area contributed by atoms with Crippen molar-refractivity contribution in [3.05, 3.63) is 17.5 Å².